The zero-order valence-corrected chi connectivity index (χ0v) is 16.7. The second kappa shape index (κ2) is 10.3. The van der Waals surface area contributed by atoms with Crippen molar-refractivity contribution >= 4 is 23.7 Å². The molecule has 0 bridgehead atoms. The van der Waals surface area contributed by atoms with Crippen molar-refractivity contribution in [1.82, 2.24) is 5.43 Å². The maximum Gasteiger partial charge on any atom is 0.277 e. The van der Waals surface area contributed by atoms with Gasteiger partial charge in [-0.2, -0.15) is 5.10 Å². The van der Waals surface area contributed by atoms with Crippen molar-refractivity contribution < 1.29 is 14.3 Å². The molecule has 0 saturated carbocycles. The quantitative estimate of drug-likeness (QED) is 0.432. The topological polar surface area (TPSA) is 59.9 Å². The van der Waals surface area contributed by atoms with E-state index in [0.29, 0.717) is 23.1 Å². The standard InChI is InChI=1S/C23H21ClN2O3/c1-17-5-4-7-21(13-17)28-16-23(27)26-25-14-19-6-2-3-8-22(19)29-15-18-9-11-20(24)12-10-18/h2-14H,15-16H2,1H3,(H,26,27)/b25-14-. The third kappa shape index (κ3) is 6.66. The van der Waals surface area contributed by atoms with Gasteiger partial charge in [-0.15, -0.1) is 0 Å². The molecule has 0 aliphatic rings. The molecule has 0 spiro atoms. The first-order valence-electron chi connectivity index (χ1n) is 9.08. The number of halogens is 1. The number of aryl methyl sites for hydroxylation is 1. The number of hydrogen-bond acceptors (Lipinski definition) is 4. The Morgan fingerprint density at radius 2 is 1.83 bits per heavy atom. The molecule has 3 aromatic rings. The van der Waals surface area contributed by atoms with Crippen molar-refractivity contribution in [3.63, 3.8) is 0 Å². The molecule has 3 rings (SSSR count). The number of hydrogen-bond donors (Lipinski definition) is 1. The van der Waals surface area contributed by atoms with E-state index in [1.807, 2.05) is 73.7 Å². The zero-order valence-electron chi connectivity index (χ0n) is 16.0. The SMILES string of the molecule is Cc1cccc(OCC(=O)N/N=C\c2ccccc2OCc2ccc(Cl)cc2)c1. The third-order valence-electron chi connectivity index (χ3n) is 3.98. The summed E-state index contributed by atoms with van der Waals surface area (Å²) in [5.41, 5.74) is 5.28. The van der Waals surface area contributed by atoms with E-state index in [9.17, 15) is 4.79 Å². The fraction of sp³-hybridized carbons (Fsp3) is 0.130. The number of rotatable bonds is 8. The summed E-state index contributed by atoms with van der Waals surface area (Å²) < 4.78 is 11.3. The largest absolute Gasteiger partial charge is 0.488 e. The molecule has 0 atom stereocenters. The fourth-order valence-corrected chi connectivity index (χ4v) is 2.65. The number of nitrogens with zero attached hydrogens (tertiary/aromatic N) is 1. The molecule has 148 valence electrons. The fourth-order valence-electron chi connectivity index (χ4n) is 2.52. The van der Waals surface area contributed by atoms with E-state index in [1.165, 1.54) is 0 Å². The number of para-hydroxylation sites is 1. The molecule has 1 amide bonds. The predicted octanol–water partition coefficient (Wildman–Crippen LogP) is 4.76. The highest BCUT2D eigenvalue weighted by molar-refractivity contribution is 6.30. The van der Waals surface area contributed by atoms with E-state index >= 15 is 0 Å². The van der Waals surface area contributed by atoms with Crippen LogP contribution in [0.4, 0.5) is 0 Å². The van der Waals surface area contributed by atoms with E-state index in [-0.39, 0.29) is 12.5 Å². The molecule has 0 fully saturated rings. The van der Waals surface area contributed by atoms with E-state index in [0.717, 1.165) is 16.7 Å². The third-order valence-corrected chi connectivity index (χ3v) is 4.23. The van der Waals surface area contributed by atoms with Gasteiger partial charge in [-0.05, 0) is 54.4 Å². The van der Waals surface area contributed by atoms with E-state index in [2.05, 4.69) is 10.5 Å². The van der Waals surface area contributed by atoms with Gasteiger partial charge in [-0.25, -0.2) is 5.43 Å². The second-order valence-electron chi connectivity index (χ2n) is 6.35. The summed E-state index contributed by atoms with van der Waals surface area (Å²) in [6, 6.07) is 22.4. The molecule has 5 nitrogen and oxygen atoms in total. The van der Waals surface area contributed by atoms with Gasteiger partial charge in [-0.3, -0.25) is 4.79 Å². The minimum Gasteiger partial charge on any atom is -0.488 e. The first-order valence-corrected chi connectivity index (χ1v) is 9.45. The van der Waals surface area contributed by atoms with Gasteiger partial charge in [-0.1, -0.05) is 48.0 Å². The van der Waals surface area contributed by atoms with Gasteiger partial charge in [0.25, 0.3) is 5.91 Å². The molecule has 1 N–H and O–H groups in total. The lowest BCUT2D eigenvalue weighted by atomic mass is 10.2. The number of amides is 1. The first-order chi connectivity index (χ1) is 14.1. The number of nitrogens with one attached hydrogen (secondary N) is 1. The van der Waals surface area contributed by atoms with Crippen molar-refractivity contribution in [1.29, 1.82) is 0 Å². The Bertz CT molecular complexity index is 987. The van der Waals surface area contributed by atoms with Gasteiger partial charge < -0.3 is 9.47 Å². The van der Waals surface area contributed by atoms with Crippen LogP contribution >= 0.6 is 11.6 Å². The normalized spacial score (nSPS) is 10.7. The molecule has 0 radical (unpaired) electrons. The molecule has 0 aromatic heterocycles. The number of carbonyl (C=O) groups excluding carboxylic acids is 1. The summed E-state index contributed by atoms with van der Waals surface area (Å²) in [5.74, 6) is 0.962. The second-order valence-corrected chi connectivity index (χ2v) is 6.79. The van der Waals surface area contributed by atoms with Gasteiger partial charge in [0.05, 0.1) is 6.21 Å². The van der Waals surface area contributed by atoms with Crippen LogP contribution in [0.25, 0.3) is 0 Å². The number of ether oxygens (including phenoxy) is 2. The summed E-state index contributed by atoms with van der Waals surface area (Å²) in [4.78, 5) is 11.9. The van der Waals surface area contributed by atoms with Crippen LogP contribution < -0.4 is 14.9 Å². The lowest BCUT2D eigenvalue weighted by Crippen LogP contribution is -2.24. The van der Waals surface area contributed by atoms with Crippen LogP contribution in [-0.4, -0.2) is 18.7 Å². The van der Waals surface area contributed by atoms with Crippen molar-refractivity contribution in [2.24, 2.45) is 5.10 Å². The Labute approximate surface area is 174 Å². The summed E-state index contributed by atoms with van der Waals surface area (Å²) in [5, 5.41) is 4.68. The molecule has 0 heterocycles. The highest BCUT2D eigenvalue weighted by Gasteiger charge is 2.04. The average Bonchev–Trinajstić information content (AvgIpc) is 2.73. The average molecular weight is 409 g/mol. The van der Waals surface area contributed by atoms with Crippen LogP contribution in [0.5, 0.6) is 11.5 Å². The highest BCUT2D eigenvalue weighted by atomic mass is 35.5. The molecule has 3 aromatic carbocycles. The van der Waals surface area contributed by atoms with Gasteiger partial charge in [0.15, 0.2) is 6.61 Å². The summed E-state index contributed by atoms with van der Waals surface area (Å²) in [6.45, 7) is 2.25. The van der Waals surface area contributed by atoms with Gasteiger partial charge >= 0.3 is 0 Å². The number of carbonyl (C=O) groups is 1. The maximum atomic E-state index is 11.9. The summed E-state index contributed by atoms with van der Waals surface area (Å²) >= 11 is 5.90. The molecular formula is C23H21ClN2O3. The Morgan fingerprint density at radius 3 is 2.62 bits per heavy atom. The smallest absolute Gasteiger partial charge is 0.277 e. The minimum absolute atomic E-state index is 0.116. The van der Waals surface area contributed by atoms with Crippen molar-refractivity contribution in [3.05, 3.63) is 94.5 Å². The summed E-state index contributed by atoms with van der Waals surface area (Å²) in [6.07, 6.45) is 1.54. The Morgan fingerprint density at radius 1 is 1.03 bits per heavy atom. The van der Waals surface area contributed by atoms with Crippen LogP contribution in [0.2, 0.25) is 5.02 Å². The van der Waals surface area contributed by atoms with E-state index in [4.69, 9.17) is 21.1 Å². The molecule has 0 saturated heterocycles. The van der Waals surface area contributed by atoms with E-state index in [1.54, 1.807) is 12.3 Å². The molecule has 0 unspecified atom stereocenters. The molecule has 0 aliphatic heterocycles. The van der Waals surface area contributed by atoms with Crippen molar-refractivity contribution in [2.75, 3.05) is 6.61 Å². The maximum absolute atomic E-state index is 11.9. The van der Waals surface area contributed by atoms with Gasteiger partial charge in [0.1, 0.15) is 18.1 Å². The Hall–Kier alpha value is -3.31. The van der Waals surface area contributed by atoms with Crippen LogP contribution in [0, 0.1) is 6.92 Å². The Kier molecular flexibility index (Phi) is 7.25. The lowest BCUT2D eigenvalue weighted by Gasteiger charge is -2.09. The highest BCUT2D eigenvalue weighted by Crippen LogP contribution is 2.18. The molecule has 6 heteroatoms. The molecular weight excluding hydrogens is 388 g/mol. The number of hydrazone groups is 1. The lowest BCUT2D eigenvalue weighted by molar-refractivity contribution is -0.123. The zero-order chi connectivity index (χ0) is 20.5. The van der Waals surface area contributed by atoms with Gasteiger partial charge in [0.2, 0.25) is 0 Å². The van der Waals surface area contributed by atoms with Gasteiger partial charge in [0, 0.05) is 10.6 Å². The van der Waals surface area contributed by atoms with E-state index < -0.39 is 0 Å². The van der Waals surface area contributed by atoms with Crippen LogP contribution in [0.15, 0.2) is 77.9 Å². The van der Waals surface area contributed by atoms with Crippen molar-refractivity contribution in [3.8, 4) is 11.5 Å². The summed E-state index contributed by atoms with van der Waals surface area (Å²) in [7, 11) is 0. The molecule has 0 aliphatic carbocycles. The van der Waals surface area contributed by atoms with Crippen LogP contribution in [0.1, 0.15) is 16.7 Å². The number of benzene rings is 3. The van der Waals surface area contributed by atoms with Crippen LogP contribution in [-0.2, 0) is 11.4 Å². The predicted molar refractivity (Wildman–Crippen MR) is 115 cm³/mol. The Balaban J connectivity index is 1.52. The molecule has 29 heavy (non-hydrogen) atoms. The van der Waals surface area contributed by atoms with Crippen LogP contribution in [0.3, 0.4) is 0 Å². The van der Waals surface area contributed by atoms with Crippen molar-refractivity contribution in [2.45, 2.75) is 13.5 Å². The first kappa shape index (κ1) is 20.4. The minimum atomic E-state index is -0.345. The monoisotopic (exact) mass is 408 g/mol.